The molecule has 1 amide bonds. The van der Waals surface area contributed by atoms with Gasteiger partial charge in [0.1, 0.15) is 0 Å². The summed E-state index contributed by atoms with van der Waals surface area (Å²) < 4.78 is 0. The number of ketones is 1. The summed E-state index contributed by atoms with van der Waals surface area (Å²) in [5, 5.41) is 2.45. The van der Waals surface area contributed by atoms with Gasteiger partial charge in [0.15, 0.2) is 10.9 Å². The molecule has 0 rings (SSSR count). The Balaban J connectivity index is 3.87. The molecule has 0 aliphatic rings. The van der Waals surface area contributed by atoms with Gasteiger partial charge in [-0.1, -0.05) is 31.2 Å². The number of thioether (sulfide) groups is 1. The summed E-state index contributed by atoms with van der Waals surface area (Å²) in [5.74, 6) is 0.279. The van der Waals surface area contributed by atoms with Gasteiger partial charge in [0.05, 0.1) is 6.42 Å². The monoisotopic (exact) mass is 271 g/mol. The van der Waals surface area contributed by atoms with E-state index in [-0.39, 0.29) is 23.2 Å². The van der Waals surface area contributed by atoms with Crippen LogP contribution in [0, 0.1) is 0 Å². The molecule has 0 unspecified atom stereocenters. The smallest absolute Gasteiger partial charge is 0.216 e. The van der Waals surface area contributed by atoms with E-state index in [9.17, 15) is 14.4 Å². The molecule has 0 bridgehead atoms. The summed E-state index contributed by atoms with van der Waals surface area (Å²) in [4.78, 5) is 33.7. The van der Waals surface area contributed by atoms with Crippen LogP contribution in [0.2, 0.25) is 0 Å². The fourth-order valence-electron chi connectivity index (χ4n) is 1.19. The Bertz CT molecular complexity index is 337. The highest BCUT2D eigenvalue weighted by Gasteiger charge is 2.11. The normalized spacial score (nSPS) is 11.2. The highest BCUT2D eigenvalue weighted by Crippen LogP contribution is 2.09. The number of hydrogen-bond donors (Lipinski definition) is 1. The zero-order valence-electron chi connectivity index (χ0n) is 11.2. The van der Waals surface area contributed by atoms with Crippen LogP contribution < -0.4 is 5.32 Å². The zero-order valence-corrected chi connectivity index (χ0v) is 12.1. The van der Waals surface area contributed by atoms with Crippen LogP contribution >= 0.6 is 11.8 Å². The molecular weight excluding hydrogens is 250 g/mol. The standard InChI is InChI=1S/C13H21NO3S/c1-4-5-6-10(2)12(16)9-13(17)18-8-7-14-11(3)15/h6H,4-5,7-9H2,1-3H3,(H,14,15)/b10-6+. The first-order chi connectivity index (χ1) is 8.47. The predicted molar refractivity (Wildman–Crippen MR) is 74.4 cm³/mol. The molecular formula is C13H21NO3S. The molecule has 0 fully saturated rings. The Morgan fingerprint density at radius 3 is 2.44 bits per heavy atom. The molecule has 0 aromatic heterocycles. The van der Waals surface area contributed by atoms with Crippen molar-refractivity contribution in [3.8, 4) is 0 Å². The van der Waals surface area contributed by atoms with Crippen molar-refractivity contribution >= 4 is 28.6 Å². The Hall–Kier alpha value is -1.10. The minimum Gasteiger partial charge on any atom is -0.356 e. The third-order valence-electron chi connectivity index (χ3n) is 2.22. The molecule has 0 spiro atoms. The van der Waals surface area contributed by atoms with Gasteiger partial charge in [0.25, 0.3) is 0 Å². The molecule has 0 aromatic rings. The van der Waals surface area contributed by atoms with Gasteiger partial charge in [0.2, 0.25) is 5.91 Å². The van der Waals surface area contributed by atoms with Gasteiger partial charge in [-0.05, 0) is 18.9 Å². The van der Waals surface area contributed by atoms with Crippen LogP contribution in [-0.2, 0) is 14.4 Å². The minimum atomic E-state index is -0.144. The molecule has 1 N–H and O–H groups in total. The maximum Gasteiger partial charge on any atom is 0.216 e. The van der Waals surface area contributed by atoms with Crippen LogP contribution in [0.1, 0.15) is 40.0 Å². The molecule has 0 heterocycles. The van der Waals surface area contributed by atoms with Crippen LogP contribution in [0.3, 0.4) is 0 Å². The number of unbranched alkanes of at least 4 members (excludes halogenated alkanes) is 1. The van der Waals surface area contributed by atoms with Crippen molar-refractivity contribution in [1.82, 2.24) is 5.32 Å². The molecule has 18 heavy (non-hydrogen) atoms. The second kappa shape index (κ2) is 9.88. The summed E-state index contributed by atoms with van der Waals surface area (Å²) in [5.41, 5.74) is 0.660. The SMILES string of the molecule is CCC/C=C(\C)C(=O)CC(=O)SCCNC(C)=O. The summed E-state index contributed by atoms with van der Waals surface area (Å²) in [7, 11) is 0. The molecule has 0 radical (unpaired) electrons. The van der Waals surface area contributed by atoms with E-state index in [4.69, 9.17) is 0 Å². The number of carbonyl (C=O) groups excluding carboxylic acids is 3. The van der Waals surface area contributed by atoms with Crippen molar-refractivity contribution in [3.63, 3.8) is 0 Å². The number of Topliss-reactive ketones (excluding diaryl/α,β-unsaturated/α-hetero) is 1. The van der Waals surface area contributed by atoms with E-state index in [0.717, 1.165) is 24.6 Å². The van der Waals surface area contributed by atoms with Crippen molar-refractivity contribution in [3.05, 3.63) is 11.6 Å². The fourth-order valence-corrected chi connectivity index (χ4v) is 1.85. The summed E-state index contributed by atoms with van der Waals surface area (Å²) in [6.07, 6.45) is 3.67. The molecule has 0 aliphatic heterocycles. The van der Waals surface area contributed by atoms with Crippen LogP contribution in [0.4, 0.5) is 0 Å². The lowest BCUT2D eigenvalue weighted by Crippen LogP contribution is -2.23. The first-order valence-electron chi connectivity index (χ1n) is 6.07. The lowest BCUT2D eigenvalue weighted by Gasteiger charge is -2.02. The van der Waals surface area contributed by atoms with E-state index in [1.165, 1.54) is 6.92 Å². The third kappa shape index (κ3) is 8.98. The maximum absolute atomic E-state index is 11.6. The molecule has 0 saturated carbocycles. The van der Waals surface area contributed by atoms with Crippen molar-refractivity contribution in [1.29, 1.82) is 0 Å². The highest BCUT2D eigenvalue weighted by atomic mass is 32.2. The van der Waals surface area contributed by atoms with Gasteiger partial charge in [0, 0.05) is 19.2 Å². The van der Waals surface area contributed by atoms with E-state index in [2.05, 4.69) is 5.32 Å². The lowest BCUT2D eigenvalue weighted by atomic mass is 10.1. The van der Waals surface area contributed by atoms with E-state index in [1.807, 2.05) is 13.0 Å². The van der Waals surface area contributed by atoms with E-state index in [1.54, 1.807) is 6.92 Å². The van der Waals surface area contributed by atoms with Crippen LogP contribution in [-0.4, -0.2) is 29.1 Å². The molecule has 5 heteroatoms. The summed E-state index contributed by atoms with van der Waals surface area (Å²) in [6, 6.07) is 0. The van der Waals surface area contributed by atoms with Crippen LogP contribution in [0.15, 0.2) is 11.6 Å². The number of nitrogens with one attached hydrogen (secondary N) is 1. The maximum atomic E-state index is 11.6. The van der Waals surface area contributed by atoms with Gasteiger partial charge in [-0.25, -0.2) is 0 Å². The Morgan fingerprint density at radius 2 is 1.89 bits per heavy atom. The quantitative estimate of drug-likeness (QED) is 0.417. The first-order valence-corrected chi connectivity index (χ1v) is 7.06. The van der Waals surface area contributed by atoms with Gasteiger partial charge >= 0.3 is 0 Å². The van der Waals surface area contributed by atoms with Gasteiger partial charge in [-0.2, -0.15) is 0 Å². The van der Waals surface area contributed by atoms with Gasteiger partial charge in [-0.3, -0.25) is 14.4 Å². The van der Waals surface area contributed by atoms with Gasteiger partial charge < -0.3 is 5.32 Å². The molecule has 4 nitrogen and oxygen atoms in total. The van der Waals surface area contributed by atoms with Crippen molar-refractivity contribution in [2.45, 2.75) is 40.0 Å². The van der Waals surface area contributed by atoms with Gasteiger partial charge in [-0.15, -0.1) is 0 Å². The Morgan fingerprint density at radius 1 is 1.22 bits per heavy atom. The average molecular weight is 271 g/mol. The average Bonchev–Trinajstić information content (AvgIpc) is 2.31. The topological polar surface area (TPSA) is 63.2 Å². The lowest BCUT2D eigenvalue weighted by molar-refractivity contribution is -0.121. The number of allylic oxidation sites excluding steroid dienone is 2. The zero-order chi connectivity index (χ0) is 14.0. The number of carbonyl (C=O) groups is 3. The molecule has 0 saturated heterocycles. The van der Waals surface area contributed by atoms with Crippen LogP contribution in [0.25, 0.3) is 0 Å². The van der Waals surface area contributed by atoms with Crippen LogP contribution in [0.5, 0.6) is 0 Å². The Kier molecular flexibility index (Phi) is 9.28. The number of hydrogen-bond acceptors (Lipinski definition) is 4. The van der Waals surface area contributed by atoms with E-state index in [0.29, 0.717) is 17.9 Å². The predicted octanol–water partition coefficient (Wildman–Crippen LogP) is 2.09. The number of rotatable bonds is 8. The molecule has 0 aromatic carbocycles. The third-order valence-corrected chi connectivity index (χ3v) is 3.10. The molecule has 0 atom stereocenters. The second-order valence-electron chi connectivity index (χ2n) is 3.98. The Labute approximate surface area is 113 Å². The summed E-state index contributed by atoms with van der Waals surface area (Å²) >= 11 is 1.09. The van der Waals surface area contributed by atoms with E-state index >= 15 is 0 Å². The van der Waals surface area contributed by atoms with Crippen molar-refractivity contribution < 1.29 is 14.4 Å². The first kappa shape index (κ1) is 16.9. The second-order valence-corrected chi connectivity index (χ2v) is 5.13. The van der Waals surface area contributed by atoms with Crippen molar-refractivity contribution in [2.75, 3.05) is 12.3 Å². The van der Waals surface area contributed by atoms with E-state index < -0.39 is 0 Å². The summed E-state index contributed by atoms with van der Waals surface area (Å²) in [6.45, 7) is 5.66. The van der Waals surface area contributed by atoms with Crippen molar-refractivity contribution in [2.24, 2.45) is 0 Å². The largest absolute Gasteiger partial charge is 0.356 e. The molecule has 0 aliphatic carbocycles. The number of amides is 1. The minimum absolute atomic E-state index is 0.0587. The fraction of sp³-hybridized carbons (Fsp3) is 0.615. The molecule has 102 valence electrons. The highest BCUT2D eigenvalue weighted by molar-refractivity contribution is 8.13.